The van der Waals surface area contributed by atoms with Crippen molar-refractivity contribution >= 4 is 69.9 Å². The number of carbonyl (C=O) groups excluding carboxylic acids is 7. The molecule has 12 N–H and O–H groups in total. The van der Waals surface area contributed by atoms with E-state index in [0.717, 1.165) is 17.6 Å². The predicted octanol–water partition coefficient (Wildman–Crippen LogP) is -3.32. The summed E-state index contributed by atoms with van der Waals surface area (Å²) in [5.41, 5.74) is -0.620. The fraction of sp³-hybridized carbons (Fsp3) is 0.439. The van der Waals surface area contributed by atoms with Gasteiger partial charge in [0.2, 0.25) is 29.5 Å². The van der Waals surface area contributed by atoms with E-state index in [0.29, 0.717) is 21.5 Å². The second-order valence-electron chi connectivity index (χ2n) is 15.3. The van der Waals surface area contributed by atoms with Gasteiger partial charge in [0.25, 0.3) is 11.8 Å². The lowest BCUT2D eigenvalue weighted by atomic mass is 9.95. The Bertz CT molecular complexity index is 2190. The number of hydrogen-bond donors (Lipinski definition) is 12. The van der Waals surface area contributed by atoms with Crippen molar-refractivity contribution in [1.29, 1.82) is 0 Å². The van der Waals surface area contributed by atoms with Gasteiger partial charge in [0, 0.05) is 49.2 Å². The molecule has 22 heteroatoms. The highest BCUT2D eigenvalue weighted by Gasteiger charge is 2.55. The van der Waals surface area contributed by atoms with Crippen molar-refractivity contribution in [2.75, 3.05) is 33.8 Å². The van der Waals surface area contributed by atoms with E-state index in [1.807, 2.05) is 0 Å². The molecule has 3 heterocycles. The van der Waals surface area contributed by atoms with Crippen molar-refractivity contribution < 1.29 is 63.8 Å². The van der Waals surface area contributed by atoms with Gasteiger partial charge in [0.15, 0.2) is 17.9 Å². The second-order valence-corrected chi connectivity index (χ2v) is 15.8. The molecule has 0 spiro atoms. The standard InChI is InChI=1S/C41H51ClN8O13/c1-50-20-31(55)46-27(13-22-17-43-26-14-23(42)11-12-25(22)26)38(59)45-19-30(54)44-18-24(51)15-29(53)47-33(34(57)28(52)10-6-9-21-7-4-3-5-8-21)35(58)39(60)48-37-36(63-2)40(61)49-41(37,62)16-32(50)56/h3-9,11-12,14,17,24,27-28,33-37,43,51-52,57-58,62H,10,13,15-16,18-20H2,1-2H3,(H,44,54)(H,45,59)(H,46,55)(H,47,53)(H,48,60)(H,49,61)/b9-6+/t24-,27-,28+,33?,34-,35+,36?,37-,41-/m1/s1. The van der Waals surface area contributed by atoms with Crippen molar-refractivity contribution in [1.82, 2.24) is 41.8 Å². The lowest BCUT2D eigenvalue weighted by molar-refractivity contribution is -0.146. The fourth-order valence-electron chi connectivity index (χ4n) is 7.18. The highest BCUT2D eigenvalue weighted by atomic mass is 35.5. The van der Waals surface area contributed by atoms with E-state index in [-0.39, 0.29) is 12.8 Å². The molecule has 5 rings (SSSR count). The summed E-state index contributed by atoms with van der Waals surface area (Å²) in [6.45, 7) is -1.84. The van der Waals surface area contributed by atoms with Crippen molar-refractivity contribution in [2.24, 2.45) is 0 Å². The summed E-state index contributed by atoms with van der Waals surface area (Å²) >= 11 is 6.12. The van der Waals surface area contributed by atoms with Gasteiger partial charge >= 0.3 is 0 Å². The molecule has 2 unspecified atom stereocenters. The number of H-pyrrole nitrogens is 1. The third kappa shape index (κ3) is 12.6. The number of likely N-dealkylation sites (N-methyl/N-ethyl adjacent to an activating group) is 1. The Hall–Kier alpha value is -5.94. The molecule has 0 radical (unpaired) electrons. The average Bonchev–Trinajstić information content (AvgIpc) is 3.74. The van der Waals surface area contributed by atoms with Gasteiger partial charge in [-0.15, -0.1) is 0 Å². The number of hydrogen-bond acceptors (Lipinski definition) is 13. The van der Waals surface area contributed by atoms with Crippen molar-refractivity contribution in [3.05, 3.63) is 77.0 Å². The molecule has 2 aliphatic heterocycles. The summed E-state index contributed by atoms with van der Waals surface area (Å²) in [5, 5.41) is 71.0. The minimum Gasteiger partial charge on any atom is -0.391 e. The van der Waals surface area contributed by atoms with Gasteiger partial charge in [-0.1, -0.05) is 60.2 Å². The molecule has 9 atom stereocenters. The number of nitrogens with zero attached hydrogens (tertiary/aromatic N) is 1. The number of benzene rings is 2. The first-order valence-electron chi connectivity index (χ1n) is 19.8. The largest absolute Gasteiger partial charge is 0.391 e. The van der Waals surface area contributed by atoms with Crippen LogP contribution in [-0.2, 0) is 44.7 Å². The highest BCUT2D eigenvalue weighted by molar-refractivity contribution is 6.31. The maximum atomic E-state index is 13.7. The molecular weight excluding hydrogens is 848 g/mol. The molecule has 0 saturated carbocycles. The van der Waals surface area contributed by atoms with E-state index in [2.05, 4.69) is 36.9 Å². The molecule has 21 nitrogen and oxygen atoms in total. The number of aromatic nitrogens is 1. The molecule has 0 bridgehead atoms. The molecule has 1 aromatic heterocycles. The van der Waals surface area contributed by atoms with Crippen LogP contribution in [0.4, 0.5) is 0 Å². The van der Waals surface area contributed by atoms with Crippen molar-refractivity contribution in [3.8, 4) is 0 Å². The quantitative estimate of drug-likeness (QED) is 0.106. The zero-order valence-electron chi connectivity index (χ0n) is 34.2. The summed E-state index contributed by atoms with van der Waals surface area (Å²) in [6, 6.07) is 8.79. The van der Waals surface area contributed by atoms with Crippen LogP contribution in [0.15, 0.2) is 60.8 Å². The maximum Gasteiger partial charge on any atom is 0.253 e. The zero-order valence-corrected chi connectivity index (χ0v) is 35.0. The predicted molar refractivity (Wildman–Crippen MR) is 224 cm³/mol. The number of aliphatic hydroxyl groups is 5. The topological polar surface area (TPSA) is 321 Å². The van der Waals surface area contributed by atoms with Crippen LogP contribution in [0.2, 0.25) is 5.02 Å². The lowest BCUT2D eigenvalue weighted by Gasteiger charge is -2.34. The summed E-state index contributed by atoms with van der Waals surface area (Å²) in [7, 11) is 2.26. The SMILES string of the molecule is COC1C(=O)N[C@@]2(O)CC(=O)N(C)CC(=O)N[C@H](Cc3c[nH]c4cc(Cl)ccc34)C(=O)NCC(=O)NC[C@H](O)CC(=O)NC([C@H](O)[C@@H](O)C/C=C/c3ccccc3)[C@H](O)C(=O)N[C@H]12. The maximum absolute atomic E-state index is 13.7. The molecule has 7 amide bonds. The molecular formula is C41H51ClN8O13. The van der Waals surface area contributed by atoms with Crippen LogP contribution in [0.25, 0.3) is 17.0 Å². The number of β-amino-alcohol motifs (C(OH)–C–C–N with tert-alkyl or cyclic N) is 1. The molecule has 63 heavy (non-hydrogen) atoms. The van der Waals surface area contributed by atoms with Gasteiger partial charge in [0.05, 0.1) is 44.2 Å². The number of fused-ring (bicyclic) bond motifs is 2. The van der Waals surface area contributed by atoms with Gasteiger partial charge in [-0.3, -0.25) is 33.6 Å². The molecule has 2 aliphatic rings. The smallest absolute Gasteiger partial charge is 0.253 e. The van der Waals surface area contributed by atoms with Crippen LogP contribution in [0.5, 0.6) is 0 Å². The van der Waals surface area contributed by atoms with Crippen molar-refractivity contribution in [3.63, 3.8) is 0 Å². The van der Waals surface area contributed by atoms with E-state index < -0.39 is 128 Å². The Morgan fingerprint density at radius 3 is 2.37 bits per heavy atom. The average molecular weight is 899 g/mol. The Labute approximate surface area is 365 Å². The monoisotopic (exact) mass is 898 g/mol. The van der Waals surface area contributed by atoms with E-state index >= 15 is 0 Å². The van der Waals surface area contributed by atoms with E-state index in [9.17, 15) is 59.1 Å². The number of aliphatic hydroxyl groups excluding tert-OH is 4. The lowest BCUT2D eigenvalue weighted by Crippen LogP contribution is -2.64. The van der Waals surface area contributed by atoms with Crippen LogP contribution in [0.3, 0.4) is 0 Å². The van der Waals surface area contributed by atoms with Crippen LogP contribution in [0.1, 0.15) is 30.4 Å². The second kappa shape index (κ2) is 21.4. The Morgan fingerprint density at radius 1 is 0.921 bits per heavy atom. The van der Waals surface area contributed by atoms with E-state index in [1.54, 1.807) is 60.8 Å². The number of aromatic amines is 1. The first-order chi connectivity index (χ1) is 29.9. The fourth-order valence-corrected chi connectivity index (χ4v) is 7.35. The van der Waals surface area contributed by atoms with Gasteiger partial charge in [-0.2, -0.15) is 0 Å². The normalized spacial score (nSPS) is 27.4. The Balaban J connectivity index is 1.40. The molecule has 0 aliphatic carbocycles. The number of nitrogens with one attached hydrogen (secondary N) is 7. The summed E-state index contributed by atoms with van der Waals surface area (Å²) < 4.78 is 5.21. The van der Waals surface area contributed by atoms with Gasteiger partial charge < -0.3 is 72.1 Å². The van der Waals surface area contributed by atoms with Gasteiger partial charge in [-0.25, -0.2) is 0 Å². The third-order valence-corrected chi connectivity index (χ3v) is 10.8. The first-order valence-corrected chi connectivity index (χ1v) is 20.2. The highest BCUT2D eigenvalue weighted by Crippen LogP contribution is 2.26. The molecule has 3 aromatic rings. The van der Waals surface area contributed by atoms with Crippen LogP contribution < -0.4 is 31.9 Å². The molecule has 340 valence electrons. The Kier molecular flexibility index (Phi) is 16.4. The van der Waals surface area contributed by atoms with E-state index in [1.165, 1.54) is 13.1 Å². The number of carbonyl (C=O) groups is 7. The van der Waals surface area contributed by atoms with Crippen LogP contribution in [0, 0.1) is 0 Å². The van der Waals surface area contributed by atoms with Crippen LogP contribution in [-0.4, -0.2) is 165 Å². The molecule has 2 saturated heterocycles. The number of ether oxygens (including phenoxy) is 1. The van der Waals surface area contributed by atoms with Gasteiger partial charge in [-0.05, 0) is 29.7 Å². The summed E-state index contributed by atoms with van der Waals surface area (Å²) in [6.07, 6.45) is -6.72. The number of rotatable bonds is 8. The van der Waals surface area contributed by atoms with Crippen molar-refractivity contribution in [2.45, 2.75) is 80.1 Å². The minimum atomic E-state index is -2.60. The van der Waals surface area contributed by atoms with E-state index in [4.69, 9.17) is 16.3 Å². The minimum absolute atomic E-state index is 0.0964. The summed E-state index contributed by atoms with van der Waals surface area (Å²) in [4.78, 5) is 97.1. The van der Waals surface area contributed by atoms with Crippen LogP contribution >= 0.6 is 11.6 Å². The first kappa shape index (κ1) is 48.1. The molecule has 2 fully saturated rings. The summed E-state index contributed by atoms with van der Waals surface area (Å²) in [5.74, 6) is -6.82. The molecule has 2 aromatic carbocycles. The Morgan fingerprint density at radius 2 is 1.65 bits per heavy atom. The number of halogens is 1. The van der Waals surface area contributed by atoms with Gasteiger partial charge in [0.1, 0.15) is 18.2 Å². The third-order valence-electron chi connectivity index (χ3n) is 10.6. The zero-order chi connectivity index (χ0) is 46.0. The number of amides is 7. The number of methoxy groups -OCH3 is 1.